The lowest BCUT2D eigenvalue weighted by molar-refractivity contribution is -0.110. The molecule has 2 unspecified atom stereocenters. The van der Waals surface area contributed by atoms with Crippen molar-refractivity contribution in [3.63, 3.8) is 0 Å². The molecule has 1 aliphatic rings. The van der Waals surface area contributed by atoms with Crippen LogP contribution in [0.25, 0.3) is 0 Å². The second-order valence-corrected chi connectivity index (χ2v) is 8.90. The topological polar surface area (TPSA) is 58.6 Å². The molecule has 1 aliphatic heterocycles. The fourth-order valence-corrected chi connectivity index (χ4v) is 5.67. The highest BCUT2D eigenvalue weighted by Crippen LogP contribution is 2.37. The Bertz CT molecular complexity index is 774. The summed E-state index contributed by atoms with van der Waals surface area (Å²) in [5.41, 5.74) is 2.22. The minimum Gasteiger partial charge on any atom is -0.297 e. The van der Waals surface area contributed by atoms with E-state index in [1.807, 2.05) is 48.7 Å². The lowest BCUT2D eigenvalue weighted by atomic mass is 10.1. The molecule has 0 spiro atoms. The Balaban J connectivity index is 1.70. The van der Waals surface area contributed by atoms with Crippen LogP contribution >= 0.6 is 11.3 Å². The molecule has 1 saturated heterocycles. The van der Waals surface area contributed by atoms with Crippen molar-refractivity contribution < 1.29 is 13.3 Å². The summed E-state index contributed by atoms with van der Waals surface area (Å²) in [6, 6.07) is 11.6. The number of nitrogens with zero attached hydrogens (tertiary/aromatic N) is 1. The first-order valence-corrected chi connectivity index (χ1v) is 10.3. The van der Waals surface area contributed by atoms with Gasteiger partial charge in [0.1, 0.15) is 5.25 Å². The summed E-state index contributed by atoms with van der Waals surface area (Å²) in [6.45, 7) is 2.58. The van der Waals surface area contributed by atoms with Crippen molar-refractivity contribution in [1.82, 2.24) is 9.79 Å². The molecule has 24 heavy (non-hydrogen) atoms. The van der Waals surface area contributed by atoms with E-state index in [2.05, 4.69) is 4.72 Å². The average molecular weight is 367 g/mol. The molecule has 1 aromatic heterocycles. The Labute approximate surface area is 147 Å². The van der Waals surface area contributed by atoms with Gasteiger partial charge in [-0.3, -0.25) is 4.84 Å². The average Bonchev–Trinajstić information content (AvgIpc) is 3.14. The van der Waals surface area contributed by atoms with Crippen LogP contribution < -0.4 is 4.72 Å². The zero-order valence-corrected chi connectivity index (χ0v) is 15.4. The van der Waals surface area contributed by atoms with Crippen LogP contribution in [0.15, 0.2) is 41.8 Å². The molecular weight excluding hydrogens is 344 g/mol. The largest absolute Gasteiger partial charge is 0.297 e. The van der Waals surface area contributed by atoms with E-state index in [-0.39, 0.29) is 12.6 Å². The molecule has 0 saturated carbocycles. The third-order valence-corrected chi connectivity index (χ3v) is 7.20. The van der Waals surface area contributed by atoms with E-state index < -0.39 is 15.3 Å². The van der Waals surface area contributed by atoms with E-state index in [0.717, 1.165) is 16.0 Å². The maximum atomic E-state index is 12.8. The lowest BCUT2D eigenvalue weighted by Crippen LogP contribution is -2.40. The Morgan fingerprint density at radius 2 is 2.04 bits per heavy atom. The van der Waals surface area contributed by atoms with Gasteiger partial charge in [0.05, 0.1) is 12.6 Å². The first-order chi connectivity index (χ1) is 11.5. The van der Waals surface area contributed by atoms with Gasteiger partial charge in [-0.25, -0.2) is 13.1 Å². The maximum Gasteiger partial charge on any atom is 0.218 e. The van der Waals surface area contributed by atoms with Crippen LogP contribution in [0, 0.1) is 6.92 Å². The Morgan fingerprint density at radius 1 is 1.29 bits per heavy atom. The summed E-state index contributed by atoms with van der Waals surface area (Å²) in [6.07, 6.45) is 0.673. The number of benzene rings is 1. The molecule has 2 aromatic rings. The standard InChI is InChI=1S/C17H22N2O3S2/c1-13-9-11-23-17(13)16-15(12-22-19(16)2)24(20,21)18-10-8-14-6-4-3-5-7-14/h3-7,9,11,15-16,18H,8,10,12H2,1-2H3. The SMILES string of the molecule is Cc1ccsc1C1C(S(=O)(=O)NCCc2ccccc2)CON1C. The summed E-state index contributed by atoms with van der Waals surface area (Å²) < 4.78 is 28.3. The van der Waals surface area contributed by atoms with Gasteiger partial charge in [-0.1, -0.05) is 30.3 Å². The minimum absolute atomic E-state index is 0.180. The Morgan fingerprint density at radius 3 is 2.71 bits per heavy atom. The molecule has 0 radical (unpaired) electrons. The molecule has 2 atom stereocenters. The van der Waals surface area contributed by atoms with Crippen molar-refractivity contribution >= 4 is 21.4 Å². The Kier molecular flexibility index (Phi) is 5.36. The number of thiophene rings is 1. The van der Waals surface area contributed by atoms with Gasteiger partial charge >= 0.3 is 0 Å². The molecule has 1 fully saturated rings. The third-order valence-electron chi connectivity index (χ3n) is 4.31. The van der Waals surface area contributed by atoms with Crippen molar-refractivity contribution in [1.29, 1.82) is 0 Å². The second-order valence-electron chi connectivity index (χ2n) is 5.97. The molecule has 1 N–H and O–H groups in total. The molecule has 0 amide bonds. The number of sulfonamides is 1. The minimum atomic E-state index is -3.47. The smallest absolute Gasteiger partial charge is 0.218 e. The second kappa shape index (κ2) is 7.33. The van der Waals surface area contributed by atoms with Crippen LogP contribution in [0.1, 0.15) is 22.0 Å². The highest BCUT2D eigenvalue weighted by Gasteiger charge is 2.44. The molecule has 0 aliphatic carbocycles. The van der Waals surface area contributed by atoms with Gasteiger partial charge in [0.25, 0.3) is 0 Å². The van der Waals surface area contributed by atoms with Gasteiger partial charge < -0.3 is 0 Å². The third kappa shape index (κ3) is 3.70. The van der Waals surface area contributed by atoms with Crippen LogP contribution in [0.4, 0.5) is 0 Å². The lowest BCUT2D eigenvalue weighted by Gasteiger charge is -2.22. The number of rotatable bonds is 6. The zero-order chi connectivity index (χ0) is 17.2. The van der Waals surface area contributed by atoms with E-state index in [4.69, 9.17) is 4.84 Å². The highest BCUT2D eigenvalue weighted by molar-refractivity contribution is 7.90. The highest BCUT2D eigenvalue weighted by atomic mass is 32.2. The maximum absolute atomic E-state index is 12.8. The van der Waals surface area contributed by atoms with Crippen LogP contribution in [0.5, 0.6) is 0 Å². The van der Waals surface area contributed by atoms with Gasteiger partial charge in [0.2, 0.25) is 10.0 Å². The summed E-state index contributed by atoms with van der Waals surface area (Å²) in [4.78, 5) is 6.58. The van der Waals surface area contributed by atoms with E-state index in [1.165, 1.54) is 0 Å². The van der Waals surface area contributed by atoms with Crippen molar-refractivity contribution in [2.24, 2.45) is 0 Å². The van der Waals surface area contributed by atoms with Crippen LogP contribution in [-0.4, -0.2) is 38.9 Å². The molecule has 130 valence electrons. The predicted octanol–water partition coefficient (Wildman–Crippen LogP) is 2.51. The number of hydrogen-bond acceptors (Lipinski definition) is 5. The predicted molar refractivity (Wildman–Crippen MR) is 96.4 cm³/mol. The fourth-order valence-electron chi connectivity index (χ4n) is 2.97. The summed E-state index contributed by atoms with van der Waals surface area (Å²) >= 11 is 1.58. The van der Waals surface area contributed by atoms with Crippen LogP contribution in [0.2, 0.25) is 0 Å². The normalized spacial score (nSPS) is 22.1. The molecule has 3 rings (SSSR count). The molecule has 1 aromatic carbocycles. The summed E-state index contributed by atoms with van der Waals surface area (Å²) in [5, 5.41) is 3.05. The van der Waals surface area contributed by atoms with Crippen molar-refractivity contribution in [3.05, 3.63) is 57.8 Å². The monoisotopic (exact) mass is 366 g/mol. The Hall–Kier alpha value is -1.25. The molecule has 0 bridgehead atoms. The van der Waals surface area contributed by atoms with Crippen molar-refractivity contribution in [2.75, 3.05) is 20.2 Å². The first-order valence-electron chi connectivity index (χ1n) is 7.91. The van der Waals surface area contributed by atoms with E-state index in [9.17, 15) is 8.42 Å². The number of aryl methyl sites for hydroxylation is 1. The van der Waals surface area contributed by atoms with Gasteiger partial charge in [0, 0.05) is 18.5 Å². The fraction of sp³-hybridized carbons (Fsp3) is 0.412. The number of hydrogen-bond donors (Lipinski definition) is 1. The quantitative estimate of drug-likeness (QED) is 0.853. The molecule has 7 heteroatoms. The van der Waals surface area contributed by atoms with Gasteiger partial charge in [-0.2, -0.15) is 5.06 Å². The van der Waals surface area contributed by atoms with Gasteiger partial charge in [-0.05, 0) is 35.9 Å². The zero-order valence-electron chi connectivity index (χ0n) is 13.8. The van der Waals surface area contributed by atoms with Crippen LogP contribution in [0.3, 0.4) is 0 Å². The molecule has 2 heterocycles. The first kappa shape index (κ1) is 17.6. The van der Waals surface area contributed by atoms with Gasteiger partial charge in [0.15, 0.2) is 0 Å². The van der Waals surface area contributed by atoms with E-state index >= 15 is 0 Å². The van der Waals surface area contributed by atoms with Crippen molar-refractivity contribution in [2.45, 2.75) is 24.6 Å². The van der Waals surface area contributed by atoms with Gasteiger partial charge in [-0.15, -0.1) is 11.3 Å². The molecular formula is C17H22N2O3S2. The van der Waals surface area contributed by atoms with E-state index in [0.29, 0.717) is 13.0 Å². The number of nitrogens with one attached hydrogen (secondary N) is 1. The molecule has 5 nitrogen and oxygen atoms in total. The summed E-state index contributed by atoms with van der Waals surface area (Å²) in [5.74, 6) is 0. The van der Waals surface area contributed by atoms with Crippen molar-refractivity contribution in [3.8, 4) is 0 Å². The van der Waals surface area contributed by atoms with E-state index in [1.54, 1.807) is 23.4 Å². The summed E-state index contributed by atoms with van der Waals surface area (Å²) in [7, 11) is -1.67. The number of hydroxylamine groups is 2. The van der Waals surface area contributed by atoms with Crippen LogP contribution in [-0.2, 0) is 21.3 Å².